The Morgan fingerprint density at radius 2 is 2.26 bits per heavy atom. The molecule has 0 saturated carbocycles. The van der Waals surface area contributed by atoms with Crippen molar-refractivity contribution >= 4 is 23.4 Å². The maximum atomic E-state index is 10.9. The molecule has 0 aliphatic carbocycles. The summed E-state index contributed by atoms with van der Waals surface area (Å²) in [6.45, 7) is 0.632. The van der Waals surface area contributed by atoms with Crippen molar-refractivity contribution in [2.24, 2.45) is 7.05 Å². The topological polar surface area (TPSA) is 80.0 Å². The van der Waals surface area contributed by atoms with E-state index in [1.54, 1.807) is 16.9 Å². The molecule has 2 aromatic rings. The van der Waals surface area contributed by atoms with Crippen molar-refractivity contribution in [3.8, 4) is 0 Å². The predicted octanol–water partition coefficient (Wildman–Crippen LogP) is 1.82. The summed E-state index contributed by atoms with van der Waals surface area (Å²) in [5.74, 6) is -0.649. The molecule has 0 spiro atoms. The van der Waals surface area contributed by atoms with Gasteiger partial charge in [-0.1, -0.05) is 11.6 Å². The third-order valence-electron chi connectivity index (χ3n) is 2.66. The average Bonchev–Trinajstić information content (AvgIpc) is 2.77. The van der Waals surface area contributed by atoms with Crippen LogP contribution in [-0.4, -0.2) is 32.4 Å². The molecule has 0 aliphatic rings. The van der Waals surface area contributed by atoms with Crippen LogP contribution in [0.25, 0.3) is 0 Å². The van der Waals surface area contributed by atoms with Crippen molar-refractivity contribution in [2.45, 2.75) is 6.42 Å². The summed E-state index contributed by atoms with van der Waals surface area (Å²) >= 11 is 5.74. The zero-order valence-electron chi connectivity index (χ0n) is 10.3. The lowest BCUT2D eigenvalue weighted by Gasteiger charge is -2.07. The van der Waals surface area contributed by atoms with Crippen LogP contribution < -0.4 is 5.32 Å². The second-order valence-electron chi connectivity index (χ2n) is 3.96. The van der Waals surface area contributed by atoms with Gasteiger partial charge in [0.25, 0.3) is 0 Å². The lowest BCUT2D eigenvalue weighted by molar-refractivity contribution is 0.0691. The van der Waals surface area contributed by atoms with Crippen molar-refractivity contribution < 1.29 is 9.90 Å². The third kappa shape index (κ3) is 3.23. The van der Waals surface area contributed by atoms with Gasteiger partial charge in [-0.05, 0) is 18.2 Å². The fraction of sp³-hybridized carbons (Fsp3) is 0.250. The monoisotopic (exact) mass is 280 g/mol. The Bertz CT molecular complexity index is 597. The number of nitrogens with zero attached hydrogens (tertiary/aromatic N) is 3. The molecular weight excluding hydrogens is 268 g/mol. The predicted molar refractivity (Wildman–Crippen MR) is 71.6 cm³/mol. The molecule has 2 aromatic heterocycles. The second-order valence-corrected chi connectivity index (χ2v) is 4.36. The third-order valence-corrected chi connectivity index (χ3v) is 2.96. The molecule has 2 heterocycles. The van der Waals surface area contributed by atoms with Gasteiger partial charge in [0.2, 0.25) is 0 Å². The quantitative estimate of drug-likeness (QED) is 0.873. The smallest absolute Gasteiger partial charge is 0.356 e. The molecule has 6 nitrogen and oxygen atoms in total. The van der Waals surface area contributed by atoms with E-state index in [4.69, 9.17) is 16.7 Å². The molecule has 7 heteroatoms. The van der Waals surface area contributed by atoms with Crippen LogP contribution in [-0.2, 0) is 13.5 Å². The van der Waals surface area contributed by atoms with E-state index in [0.29, 0.717) is 12.4 Å². The number of carboxylic acids is 1. The highest BCUT2D eigenvalue weighted by atomic mass is 35.5. The summed E-state index contributed by atoms with van der Waals surface area (Å²) in [5, 5.41) is 16.2. The number of pyridine rings is 1. The van der Waals surface area contributed by atoms with Crippen molar-refractivity contribution in [2.75, 3.05) is 11.9 Å². The van der Waals surface area contributed by atoms with Gasteiger partial charge in [0.15, 0.2) is 5.69 Å². The Labute approximate surface area is 115 Å². The number of hydrogen-bond acceptors (Lipinski definition) is 4. The minimum Gasteiger partial charge on any atom is -0.476 e. The number of carboxylic acid groups (broad SMARTS) is 1. The fourth-order valence-electron chi connectivity index (χ4n) is 1.66. The Kier molecular flexibility index (Phi) is 4.01. The molecule has 19 heavy (non-hydrogen) atoms. The maximum Gasteiger partial charge on any atom is 0.356 e. The molecule has 2 rings (SSSR count). The Balaban J connectivity index is 1.98. The zero-order valence-corrected chi connectivity index (χ0v) is 11.1. The van der Waals surface area contributed by atoms with E-state index in [9.17, 15) is 4.79 Å². The number of halogens is 1. The van der Waals surface area contributed by atoms with Gasteiger partial charge in [-0.2, -0.15) is 5.10 Å². The van der Waals surface area contributed by atoms with Crippen LogP contribution in [0.2, 0.25) is 5.02 Å². The summed E-state index contributed by atoms with van der Waals surface area (Å²) < 4.78 is 1.79. The molecule has 100 valence electrons. The van der Waals surface area contributed by atoms with Crippen LogP contribution >= 0.6 is 11.6 Å². The first kappa shape index (κ1) is 13.4. The fourth-order valence-corrected chi connectivity index (χ4v) is 1.84. The highest BCUT2D eigenvalue weighted by Crippen LogP contribution is 2.16. The average molecular weight is 281 g/mol. The Hall–Kier alpha value is -2.08. The number of hydrogen-bond donors (Lipinski definition) is 2. The molecule has 0 aliphatic heterocycles. The summed E-state index contributed by atoms with van der Waals surface area (Å²) in [4.78, 5) is 14.8. The van der Waals surface area contributed by atoms with Crippen LogP contribution in [0, 0.1) is 0 Å². The lowest BCUT2D eigenvalue weighted by Crippen LogP contribution is -2.11. The van der Waals surface area contributed by atoms with Gasteiger partial charge < -0.3 is 10.4 Å². The van der Waals surface area contributed by atoms with E-state index in [-0.39, 0.29) is 10.7 Å². The first-order valence-electron chi connectivity index (χ1n) is 5.68. The number of carbonyl (C=O) groups is 1. The first-order chi connectivity index (χ1) is 9.08. The number of aryl methyl sites for hydroxylation is 1. The number of anilines is 1. The molecule has 0 amide bonds. The van der Waals surface area contributed by atoms with Crippen LogP contribution in [0.5, 0.6) is 0 Å². The van der Waals surface area contributed by atoms with Crippen molar-refractivity contribution in [3.63, 3.8) is 0 Å². The molecule has 0 fully saturated rings. The van der Waals surface area contributed by atoms with Gasteiger partial charge in [0.05, 0.1) is 5.02 Å². The van der Waals surface area contributed by atoms with Gasteiger partial charge in [0, 0.05) is 31.9 Å². The standard InChI is InChI=1S/C12H13ClN4O2/c1-17-8(5-7-15-17)4-6-14-10-3-2-9(13)11(16-10)12(18)19/h2-3,5,7H,4,6H2,1H3,(H,14,16)(H,18,19). The SMILES string of the molecule is Cn1nccc1CCNc1ccc(Cl)c(C(=O)O)n1. The Morgan fingerprint density at radius 3 is 2.89 bits per heavy atom. The molecule has 0 unspecified atom stereocenters. The van der Waals surface area contributed by atoms with Gasteiger partial charge >= 0.3 is 5.97 Å². The summed E-state index contributed by atoms with van der Waals surface area (Å²) in [6.07, 6.45) is 2.50. The van der Waals surface area contributed by atoms with E-state index in [1.807, 2.05) is 13.1 Å². The van der Waals surface area contributed by atoms with Crippen LogP contribution in [0.1, 0.15) is 16.2 Å². The molecule has 0 atom stereocenters. The molecular formula is C12H13ClN4O2. The van der Waals surface area contributed by atoms with Crippen molar-refractivity contribution in [1.29, 1.82) is 0 Å². The van der Waals surface area contributed by atoms with Crippen molar-refractivity contribution in [3.05, 3.63) is 40.8 Å². The highest BCUT2D eigenvalue weighted by molar-refractivity contribution is 6.33. The van der Waals surface area contributed by atoms with E-state index < -0.39 is 5.97 Å². The number of rotatable bonds is 5. The number of aromatic carboxylic acids is 1. The summed E-state index contributed by atoms with van der Waals surface area (Å²) in [7, 11) is 1.87. The summed E-state index contributed by atoms with van der Waals surface area (Å²) in [5.41, 5.74) is 0.937. The normalized spacial score (nSPS) is 10.4. The van der Waals surface area contributed by atoms with Crippen LogP contribution in [0.4, 0.5) is 5.82 Å². The zero-order chi connectivity index (χ0) is 13.8. The van der Waals surface area contributed by atoms with E-state index in [1.165, 1.54) is 6.07 Å². The Morgan fingerprint density at radius 1 is 1.47 bits per heavy atom. The van der Waals surface area contributed by atoms with E-state index >= 15 is 0 Å². The molecule has 2 N–H and O–H groups in total. The highest BCUT2D eigenvalue weighted by Gasteiger charge is 2.11. The van der Waals surface area contributed by atoms with Gasteiger partial charge in [0.1, 0.15) is 5.82 Å². The number of nitrogens with one attached hydrogen (secondary N) is 1. The largest absolute Gasteiger partial charge is 0.476 e. The van der Waals surface area contributed by atoms with Crippen LogP contribution in [0.15, 0.2) is 24.4 Å². The molecule has 0 saturated heterocycles. The minimum atomic E-state index is -1.14. The first-order valence-corrected chi connectivity index (χ1v) is 6.06. The van der Waals surface area contributed by atoms with E-state index in [2.05, 4.69) is 15.4 Å². The summed E-state index contributed by atoms with van der Waals surface area (Å²) in [6, 6.07) is 5.10. The van der Waals surface area contributed by atoms with Gasteiger partial charge in [-0.25, -0.2) is 9.78 Å². The number of aromatic nitrogens is 3. The molecule has 0 aromatic carbocycles. The minimum absolute atomic E-state index is 0.129. The van der Waals surface area contributed by atoms with E-state index in [0.717, 1.165) is 12.1 Å². The second kappa shape index (κ2) is 5.71. The molecule has 0 radical (unpaired) electrons. The van der Waals surface area contributed by atoms with Crippen LogP contribution in [0.3, 0.4) is 0 Å². The molecule has 0 bridgehead atoms. The van der Waals surface area contributed by atoms with Crippen molar-refractivity contribution in [1.82, 2.24) is 14.8 Å². The lowest BCUT2D eigenvalue weighted by atomic mass is 10.3. The maximum absolute atomic E-state index is 10.9. The van der Waals surface area contributed by atoms with Gasteiger partial charge in [-0.3, -0.25) is 4.68 Å². The van der Waals surface area contributed by atoms with Gasteiger partial charge in [-0.15, -0.1) is 0 Å².